The van der Waals surface area contributed by atoms with Gasteiger partial charge >= 0.3 is 0 Å². The van der Waals surface area contributed by atoms with Crippen molar-refractivity contribution in [3.8, 4) is 0 Å². The lowest BCUT2D eigenvalue weighted by molar-refractivity contribution is -0.384. The number of nitro benzene ring substituents is 1. The normalized spacial score (nSPS) is 15.9. The smallest absolute Gasteiger partial charge is 0.292 e. The first-order valence-corrected chi connectivity index (χ1v) is 4.48. The summed E-state index contributed by atoms with van der Waals surface area (Å²) in [5.41, 5.74) is 0.874. The second-order valence-electron chi connectivity index (χ2n) is 3.17. The predicted octanol–water partition coefficient (Wildman–Crippen LogP) is 0.962. The van der Waals surface area contributed by atoms with Crippen molar-refractivity contribution < 1.29 is 4.92 Å². The number of rotatable bonds is 2. The van der Waals surface area contributed by atoms with Gasteiger partial charge in [0.2, 0.25) is 0 Å². The zero-order valence-electron chi connectivity index (χ0n) is 7.64. The van der Waals surface area contributed by atoms with Gasteiger partial charge in [-0.3, -0.25) is 15.4 Å². The third-order valence-corrected chi connectivity index (χ3v) is 2.28. The van der Waals surface area contributed by atoms with Gasteiger partial charge in [0.05, 0.1) is 11.6 Å². The standard InChI is InChI=1S/C9H11N3O2/c13-12(14)9-4-2-1-3-8(9)11-6-5-10-7-11/h1-4,10H,5-7H2. The van der Waals surface area contributed by atoms with Crippen molar-refractivity contribution in [2.75, 3.05) is 24.7 Å². The molecular formula is C9H11N3O2. The molecular weight excluding hydrogens is 182 g/mol. The van der Waals surface area contributed by atoms with Crippen molar-refractivity contribution in [3.63, 3.8) is 0 Å². The number of nitrogens with zero attached hydrogens (tertiary/aromatic N) is 2. The minimum Gasteiger partial charge on any atom is -0.352 e. The minimum absolute atomic E-state index is 0.177. The van der Waals surface area contributed by atoms with Crippen LogP contribution in [0.5, 0.6) is 0 Å². The van der Waals surface area contributed by atoms with Gasteiger partial charge in [-0.2, -0.15) is 0 Å². The highest BCUT2D eigenvalue weighted by Gasteiger charge is 2.20. The molecule has 1 aromatic carbocycles. The molecule has 0 aromatic heterocycles. The fourth-order valence-corrected chi connectivity index (χ4v) is 1.60. The van der Waals surface area contributed by atoms with E-state index in [1.54, 1.807) is 12.1 Å². The van der Waals surface area contributed by atoms with Crippen molar-refractivity contribution in [1.82, 2.24) is 5.32 Å². The molecule has 0 atom stereocenters. The Hall–Kier alpha value is -1.62. The molecule has 1 fully saturated rings. The lowest BCUT2D eigenvalue weighted by Gasteiger charge is -2.15. The van der Waals surface area contributed by atoms with Gasteiger partial charge in [0.1, 0.15) is 5.69 Å². The monoisotopic (exact) mass is 193 g/mol. The molecule has 5 nitrogen and oxygen atoms in total. The van der Waals surface area contributed by atoms with Crippen molar-refractivity contribution in [2.45, 2.75) is 0 Å². The van der Waals surface area contributed by atoms with E-state index in [4.69, 9.17) is 0 Å². The van der Waals surface area contributed by atoms with Crippen molar-refractivity contribution in [1.29, 1.82) is 0 Å². The Bertz CT molecular complexity index is 348. The molecule has 74 valence electrons. The summed E-state index contributed by atoms with van der Waals surface area (Å²) in [6, 6.07) is 6.82. The van der Waals surface area contributed by atoms with E-state index in [1.165, 1.54) is 6.07 Å². The highest BCUT2D eigenvalue weighted by Crippen LogP contribution is 2.27. The Morgan fingerprint density at radius 3 is 2.86 bits per heavy atom. The van der Waals surface area contributed by atoms with Gasteiger partial charge in [0, 0.05) is 19.2 Å². The topological polar surface area (TPSA) is 58.4 Å². The molecule has 1 saturated heterocycles. The summed E-state index contributed by atoms with van der Waals surface area (Å²) in [4.78, 5) is 12.4. The van der Waals surface area contributed by atoms with E-state index in [9.17, 15) is 10.1 Å². The quantitative estimate of drug-likeness (QED) is 0.561. The average molecular weight is 193 g/mol. The number of nitro groups is 1. The summed E-state index contributed by atoms with van der Waals surface area (Å²) in [5, 5.41) is 13.9. The van der Waals surface area contributed by atoms with Crippen LogP contribution in [0.2, 0.25) is 0 Å². The minimum atomic E-state index is -0.340. The number of hydrogen-bond donors (Lipinski definition) is 1. The summed E-state index contributed by atoms with van der Waals surface area (Å²) < 4.78 is 0. The van der Waals surface area contributed by atoms with E-state index in [0.717, 1.165) is 13.1 Å². The molecule has 1 aliphatic rings. The highest BCUT2D eigenvalue weighted by atomic mass is 16.6. The lowest BCUT2D eigenvalue weighted by Crippen LogP contribution is -2.21. The van der Waals surface area contributed by atoms with E-state index >= 15 is 0 Å². The van der Waals surface area contributed by atoms with Crippen LogP contribution in [0.3, 0.4) is 0 Å². The Morgan fingerprint density at radius 1 is 1.43 bits per heavy atom. The van der Waals surface area contributed by atoms with E-state index in [0.29, 0.717) is 12.4 Å². The molecule has 1 N–H and O–H groups in total. The second-order valence-corrected chi connectivity index (χ2v) is 3.17. The van der Waals surface area contributed by atoms with Crippen molar-refractivity contribution >= 4 is 11.4 Å². The lowest BCUT2D eigenvalue weighted by atomic mass is 10.2. The molecule has 0 bridgehead atoms. The molecule has 2 rings (SSSR count). The van der Waals surface area contributed by atoms with Crippen LogP contribution in [0.1, 0.15) is 0 Å². The van der Waals surface area contributed by atoms with Gasteiger partial charge in [-0.15, -0.1) is 0 Å². The third kappa shape index (κ3) is 1.54. The highest BCUT2D eigenvalue weighted by molar-refractivity contribution is 5.63. The van der Waals surface area contributed by atoms with Crippen LogP contribution in [-0.2, 0) is 0 Å². The van der Waals surface area contributed by atoms with Crippen LogP contribution in [0.15, 0.2) is 24.3 Å². The predicted molar refractivity (Wildman–Crippen MR) is 53.3 cm³/mol. The van der Waals surface area contributed by atoms with Gasteiger partial charge in [-0.1, -0.05) is 12.1 Å². The molecule has 0 amide bonds. The van der Waals surface area contributed by atoms with Gasteiger partial charge in [0.15, 0.2) is 0 Å². The van der Waals surface area contributed by atoms with Crippen molar-refractivity contribution in [3.05, 3.63) is 34.4 Å². The zero-order valence-corrected chi connectivity index (χ0v) is 7.64. The maximum Gasteiger partial charge on any atom is 0.292 e. The number of anilines is 1. The Labute approximate surface area is 81.5 Å². The Morgan fingerprint density at radius 2 is 2.21 bits per heavy atom. The van der Waals surface area contributed by atoms with Crippen LogP contribution >= 0.6 is 0 Å². The van der Waals surface area contributed by atoms with E-state index in [2.05, 4.69) is 5.32 Å². The third-order valence-electron chi connectivity index (χ3n) is 2.28. The number of hydrogen-bond acceptors (Lipinski definition) is 4. The molecule has 5 heteroatoms. The first-order chi connectivity index (χ1) is 6.79. The molecule has 0 spiro atoms. The SMILES string of the molecule is O=[N+]([O-])c1ccccc1N1CCNC1. The summed E-state index contributed by atoms with van der Waals surface area (Å²) in [5.74, 6) is 0. The second kappa shape index (κ2) is 3.63. The van der Waals surface area contributed by atoms with Crippen LogP contribution in [0.4, 0.5) is 11.4 Å². The van der Waals surface area contributed by atoms with Crippen LogP contribution in [-0.4, -0.2) is 24.7 Å². The van der Waals surface area contributed by atoms with E-state index < -0.39 is 0 Å². The molecule has 0 unspecified atom stereocenters. The zero-order chi connectivity index (χ0) is 9.97. The van der Waals surface area contributed by atoms with Gasteiger partial charge in [-0.05, 0) is 6.07 Å². The maximum atomic E-state index is 10.7. The molecule has 0 radical (unpaired) electrons. The van der Waals surface area contributed by atoms with E-state index in [-0.39, 0.29) is 10.6 Å². The van der Waals surface area contributed by atoms with Gasteiger partial charge in [0.25, 0.3) is 5.69 Å². The molecule has 0 saturated carbocycles. The van der Waals surface area contributed by atoms with Crippen LogP contribution in [0, 0.1) is 10.1 Å². The maximum absolute atomic E-state index is 10.7. The first kappa shape index (κ1) is 8.96. The fourth-order valence-electron chi connectivity index (χ4n) is 1.60. The summed E-state index contributed by atoms with van der Waals surface area (Å²) in [7, 11) is 0. The number of nitrogens with one attached hydrogen (secondary N) is 1. The molecule has 1 heterocycles. The first-order valence-electron chi connectivity index (χ1n) is 4.48. The molecule has 14 heavy (non-hydrogen) atoms. The number of benzene rings is 1. The Balaban J connectivity index is 2.35. The van der Waals surface area contributed by atoms with Crippen LogP contribution < -0.4 is 10.2 Å². The van der Waals surface area contributed by atoms with Gasteiger partial charge < -0.3 is 4.90 Å². The summed E-state index contributed by atoms with van der Waals surface area (Å²) >= 11 is 0. The fraction of sp³-hybridized carbons (Fsp3) is 0.333. The molecule has 0 aliphatic carbocycles. The van der Waals surface area contributed by atoms with Crippen LogP contribution in [0.25, 0.3) is 0 Å². The molecule has 1 aromatic rings. The molecule has 1 aliphatic heterocycles. The average Bonchev–Trinajstić information content (AvgIpc) is 2.70. The summed E-state index contributed by atoms with van der Waals surface area (Å²) in [6.45, 7) is 2.39. The van der Waals surface area contributed by atoms with Gasteiger partial charge in [-0.25, -0.2) is 0 Å². The summed E-state index contributed by atoms with van der Waals surface area (Å²) in [6.07, 6.45) is 0. The number of para-hydroxylation sites is 2. The Kier molecular flexibility index (Phi) is 2.32. The largest absolute Gasteiger partial charge is 0.352 e. The van der Waals surface area contributed by atoms with E-state index in [1.807, 2.05) is 11.0 Å². The van der Waals surface area contributed by atoms with Crippen molar-refractivity contribution in [2.24, 2.45) is 0 Å².